The number of piperidine rings is 1. The van der Waals surface area contributed by atoms with Gasteiger partial charge in [-0.3, -0.25) is 4.79 Å². The Morgan fingerprint density at radius 1 is 1.08 bits per heavy atom. The first-order valence-electron chi connectivity index (χ1n) is 8.59. The number of likely N-dealkylation sites (tertiary alicyclic amines) is 1. The second-order valence-electron chi connectivity index (χ2n) is 6.80. The van der Waals surface area contributed by atoms with Crippen LogP contribution in [0.2, 0.25) is 0 Å². The van der Waals surface area contributed by atoms with E-state index in [-0.39, 0.29) is 5.91 Å². The summed E-state index contributed by atoms with van der Waals surface area (Å²) >= 11 is 0. The topological polar surface area (TPSA) is 47.3 Å². The van der Waals surface area contributed by atoms with Gasteiger partial charge in [-0.15, -0.1) is 0 Å². The van der Waals surface area contributed by atoms with Crippen molar-refractivity contribution in [3.8, 4) is 6.07 Å². The molecule has 0 unspecified atom stereocenters. The summed E-state index contributed by atoms with van der Waals surface area (Å²) in [6.07, 6.45) is 1.35. The number of amides is 1. The predicted molar refractivity (Wildman–Crippen MR) is 99.6 cm³/mol. The summed E-state index contributed by atoms with van der Waals surface area (Å²) in [6, 6.07) is 20.1. The van der Waals surface area contributed by atoms with E-state index < -0.39 is 5.41 Å². The average Bonchev–Trinajstić information content (AvgIpc) is 2.68. The fourth-order valence-electron chi connectivity index (χ4n) is 3.41. The van der Waals surface area contributed by atoms with Crippen molar-refractivity contribution in [1.82, 2.24) is 4.90 Å². The minimum absolute atomic E-state index is 0.0447. The molecule has 0 saturated carbocycles. The van der Waals surface area contributed by atoms with Crippen LogP contribution in [0.3, 0.4) is 0 Å². The van der Waals surface area contributed by atoms with E-state index in [4.69, 9.17) is 0 Å². The predicted octanol–water partition coefficient (Wildman–Crippen LogP) is 3.45. The second kappa shape index (κ2) is 6.98. The highest BCUT2D eigenvalue weighted by atomic mass is 16.2. The van der Waals surface area contributed by atoms with Gasteiger partial charge in [0.25, 0.3) is 5.91 Å². The third kappa shape index (κ3) is 3.36. The molecule has 25 heavy (non-hydrogen) atoms. The maximum Gasteiger partial charge on any atom is 0.253 e. The Hall–Kier alpha value is -2.80. The highest BCUT2D eigenvalue weighted by molar-refractivity contribution is 5.95. The molecule has 1 fully saturated rings. The zero-order chi connectivity index (χ0) is 17.9. The summed E-state index contributed by atoms with van der Waals surface area (Å²) in [6.45, 7) is 1.21. The van der Waals surface area contributed by atoms with Crippen LogP contribution in [0.25, 0.3) is 0 Å². The van der Waals surface area contributed by atoms with Gasteiger partial charge in [-0.05, 0) is 36.6 Å². The van der Waals surface area contributed by atoms with Crippen molar-refractivity contribution in [1.29, 1.82) is 5.26 Å². The fourth-order valence-corrected chi connectivity index (χ4v) is 3.41. The third-order valence-electron chi connectivity index (χ3n) is 5.05. The van der Waals surface area contributed by atoms with Gasteiger partial charge < -0.3 is 9.80 Å². The Morgan fingerprint density at radius 3 is 2.36 bits per heavy atom. The Bertz CT molecular complexity index is 784. The van der Waals surface area contributed by atoms with Crippen LogP contribution < -0.4 is 4.90 Å². The second-order valence-corrected chi connectivity index (χ2v) is 6.80. The Kier molecular flexibility index (Phi) is 4.76. The quantitative estimate of drug-likeness (QED) is 0.864. The molecule has 0 bridgehead atoms. The average molecular weight is 333 g/mol. The number of nitrogens with zero attached hydrogens (tertiary/aromatic N) is 3. The largest absolute Gasteiger partial charge is 0.378 e. The summed E-state index contributed by atoms with van der Waals surface area (Å²) in [5.41, 5.74) is 2.29. The van der Waals surface area contributed by atoms with Crippen LogP contribution in [-0.4, -0.2) is 38.0 Å². The molecular weight excluding hydrogens is 310 g/mol. The highest BCUT2D eigenvalue weighted by Gasteiger charge is 2.37. The van der Waals surface area contributed by atoms with Crippen LogP contribution in [0.15, 0.2) is 54.6 Å². The molecule has 1 saturated heterocycles. The summed E-state index contributed by atoms with van der Waals surface area (Å²) in [5.74, 6) is 0.0447. The molecule has 0 radical (unpaired) electrons. The first-order valence-corrected chi connectivity index (χ1v) is 8.59. The summed E-state index contributed by atoms with van der Waals surface area (Å²) < 4.78 is 0. The van der Waals surface area contributed by atoms with Crippen molar-refractivity contribution in [3.05, 3.63) is 65.7 Å². The van der Waals surface area contributed by atoms with Gasteiger partial charge in [-0.25, -0.2) is 0 Å². The van der Waals surface area contributed by atoms with Gasteiger partial charge in [0.1, 0.15) is 0 Å². The number of hydrogen-bond donors (Lipinski definition) is 0. The van der Waals surface area contributed by atoms with E-state index in [0.717, 1.165) is 11.3 Å². The smallest absolute Gasteiger partial charge is 0.253 e. The lowest BCUT2D eigenvalue weighted by molar-refractivity contribution is 0.0692. The molecule has 0 atom stereocenters. The minimum atomic E-state index is -0.483. The molecule has 0 spiro atoms. The minimum Gasteiger partial charge on any atom is -0.378 e. The van der Waals surface area contributed by atoms with Crippen LogP contribution >= 0.6 is 0 Å². The van der Waals surface area contributed by atoms with Crippen LogP contribution in [0.1, 0.15) is 28.8 Å². The van der Waals surface area contributed by atoms with Crippen molar-refractivity contribution in [2.45, 2.75) is 18.3 Å². The molecule has 0 aliphatic carbocycles. The Labute approximate surface area is 149 Å². The number of rotatable bonds is 3. The number of anilines is 1. The van der Waals surface area contributed by atoms with E-state index in [9.17, 15) is 10.1 Å². The molecule has 4 heteroatoms. The number of benzene rings is 2. The Morgan fingerprint density at radius 2 is 1.76 bits per heavy atom. The maximum atomic E-state index is 12.8. The molecule has 1 aliphatic heterocycles. The number of hydrogen-bond acceptors (Lipinski definition) is 3. The standard InChI is InChI=1S/C21H23N3O/c1-23(2)19-10-6-7-17(15-19)20(25)24-13-11-21(16-22,12-14-24)18-8-4-3-5-9-18/h3-10,15H,11-14H2,1-2H3. The molecule has 0 aromatic heterocycles. The van der Waals surface area contributed by atoms with E-state index in [1.165, 1.54) is 0 Å². The molecule has 2 aromatic rings. The maximum absolute atomic E-state index is 12.8. The SMILES string of the molecule is CN(C)c1cccc(C(=O)N2CCC(C#N)(c3ccccc3)CC2)c1. The summed E-state index contributed by atoms with van der Waals surface area (Å²) in [4.78, 5) is 16.7. The molecule has 1 aliphatic rings. The van der Waals surface area contributed by atoms with Gasteiger partial charge in [0.05, 0.1) is 11.5 Å². The molecule has 0 N–H and O–H groups in total. The van der Waals surface area contributed by atoms with Crippen molar-refractivity contribution < 1.29 is 4.79 Å². The van der Waals surface area contributed by atoms with Gasteiger partial charge in [0.15, 0.2) is 0 Å². The molecule has 128 valence electrons. The van der Waals surface area contributed by atoms with Crippen molar-refractivity contribution >= 4 is 11.6 Å². The van der Waals surface area contributed by atoms with Gasteiger partial charge in [0.2, 0.25) is 0 Å². The van der Waals surface area contributed by atoms with E-state index in [1.54, 1.807) is 0 Å². The van der Waals surface area contributed by atoms with E-state index in [2.05, 4.69) is 6.07 Å². The lowest BCUT2D eigenvalue weighted by Crippen LogP contribution is -2.44. The number of carbonyl (C=O) groups is 1. The zero-order valence-corrected chi connectivity index (χ0v) is 14.8. The highest BCUT2D eigenvalue weighted by Crippen LogP contribution is 2.35. The molecule has 1 heterocycles. The number of carbonyl (C=O) groups excluding carboxylic acids is 1. The van der Waals surface area contributed by atoms with Crippen LogP contribution in [0.4, 0.5) is 5.69 Å². The molecular formula is C21H23N3O. The monoisotopic (exact) mass is 333 g/mol. The third-order valence-corrected chi connectivity index (χ3v) is 5.05. The van der Waals surface area contributed by atoms with Crippen LogP contribution in [-0.2, 0) is 5.41 Å². The normalized spacial score (nSPS) is 16.1. The van der Waals surface area contributed by atoms with Crippen molar-refractivity contribution in [3.63, 3.8) is 0 Å². The van der Waals surface area contributed by atoms with Crippen LogP contribution in [0, 0.1) is 11.3 Å². The first-order chi connectivity index (χ1) is 12.1. The molecule has 4 nitrogen and oxygen atoms in total. The van der Waals surface area contributed by atoms with Gasteiger partial charge in [0, 0.05) is 38.4 Å². The molecule has 3 rings (SSSR count). The zero-order valence-electron chi connectivity index (χ0n) is 14.8. The molecule has 1 amide bonds. The van der Waals surface area contributed by atoms with E-state index in [1.807, 2.05) is 78.5 Å². The van der Waals surface area contributed by atoms with E-state index >= 15 is 0 Å². The molecule has 2 aromatic carbocycles. The fraction of sp³-hybridized carbons (Fsp3) is 0.333. The van der Waals surface area contributed by atoms with Gasteiger partial charge in [-0.1, -0.05) is 36.4 Å². The van der Waals surface area contributed by atoms with Gasteiger partial charge in [-0.2, -0.15) is 5.26 Å². The lowest BCUT2D eigenvalue weighted by Gasteiger charge is -2.37. The number of nitriles is 1. The van der Waals surface area contributed by atoms with Gasteiger partial charge >= 0.3 is 0 Å². The summed E-state index contributed by atoms with van der Waals surface area (Å²) in [5, 5.41) is 9.78. The Balaban J connectivity index is 1.75. The summed E-state index contributed by atoms with van der Waals surface area (Å²) in [7, 11) is 3.93. The lowest BCUT2D eigenvalue weighted by atomic mass is 9.74. The van der Waals surface area contributed by atoms with Crippen molar-refractivity contribution in [2.75, 3.05) is 32.1 Å². The van der Waals surface area contributed by atoms with E-state index in [0.29, 0.717) is 31.5 Å². The van der Waals surface area contributed by atoms with Crippen molar-refractivity contribution in [2.24, 2.45) is 0 Å². The first kappa shape index (κ1) is 17.0. The van der Waals surface area contributed by atoms with Crippen LogP contribution in [0.5, 0.6) is 0 Å².